The lowest BCUT2D eigenvalue weighted by molar-refractivity contribution is 0.102. The number of amides is 1. The SMILES string of the molecule is CCNc1nc(NC(=O)c2c(C)nc3ccccn23)nc2ccccc12. The topological polar surface area (TPSA) is 84.2 Å². The first-order valence-electron chi connectivity index (χ1n) is 8.43. The number of hydrogen-bond donors (Lipinski definition) is 2. The van der Waals surface area contributed by atoms with Crippen molar-refractivity contribution < 1.29 is 4.79 Å². The predicted molar refractivity (Wildman–Crippen MR) is 102 cm³/mol. The molecule has 0 bridgehead atoms. The maximum Gasteiger partial charge on any atom is 0.276 e. The molecule has 0 aliphatic carbocycles. The maximum atomic E-state index is 12.8. The summed E-state index contributed by atoms with van der Waals surface area (Å²) in [6.07, 6.45) is 1.82. The van der Waals surface area contributed by atoms with Crippen LogP contribution in [0.5, 0.6) is 0 Å². The van der Waals surface area contributed by atoms with Crippen LogP contribution in [-0.4, -0.2) is 31.8 Å². The first kappa shape index (κ1) is 16.0. The number of nitrogens with one attached hydrogen (secondary N) is 2. The van der Waals surface area contributed by atoms with Gasteiger partial charge in [0.05, 0.1) is 11.2 Å². The summed E-state index contributed by atoms with van der Waals surface area (Å²) in [5, 5.41) is 6.94. The average molecular weight is 346 g/mol. The van der Waals surface area contributed by atoms with Crippen molar-refractivity contribution in [3.8, 4) is 0 Å². The van der Waals surface area contributed by atoms with Gasteiger partial charge in [0, 0.05) is 18.1 Å². The minimum absolute atomic E-state index is 0.259. The number of carbonyl (C=O) groups excluding carboxylic acids is 1. The Morgan fingerprint density at radius 2 is 1.88 bits per heavy atom. The quantitative estimate of drug-likeness (QED) is 0.592. The summed E-state index contributed by atoms with van der Waals surface area (Å²) in [7, 11) is 0. The Kier molecular flexibility index (Phi) is 3.96. The fraction of sp³-hybridized carbons (Fsp3) is 0.158. The van der Waals surface area contributed by atoms with E-state index in [2.05, 4.69) is 25.6 Å². The van der Waals surface area contributed by atoms with Crippen LogP contribution in [0.15, 0.2) is 48.7 Å². The lowest BCUT2D eigenvalue weighted by Crippen LogP contribution is -2.18. The van der Waals surface area contributed by atoms with Crippen molar-refractivity contribution in [2.45, 2.75) is 13.8 Å². The van der Waals surface area contributed by atoms with Crippen LogP contribution in [0.2, 0.25) is 0 Å². The van der Waals surface area contributed by atoms with Crippen LogP contribution in [0, 0.1) is 6.92 Å². The van der Waals surface area contributed by atoms with Crippen molar-refractivity contribution in [2.24, 2.45) is 0 Å². The number of hydrogen-bond acceptors (Lipinski definition) is 5. The fourth-order valence-electron chi connectivity index (χ4n) is 2.98. The number of fused-ring (bicyclic) bond motifs is 2. The van der Waals surface area contributed by atoms with Crippen LogP contribution < -0.4 is 10.6 Å². The van der Waals surface area contributed by atoms with E-state index < -0.39 is 0 Å². The molecule has 3 heterocycles. The Hall–Kier alpha value is -3.48. The van der Waals surface area contributed by atoms with E-state index in [0.29, 0.717) is 17.2 Å². The molecule has 26 heavy (non-hydrogen) atoms. The number of nitrogens with zero attached hydrogens (tertiary/aromatic N) is 4. The highest BCUT2D eigenvalue weighted by atomic mass is 16.2. The first-order valence-corrected chi connectivity index (χ1v) is 8.43. The van der Waals surface area contributed by atoms with Crippen LogP contribution in [0.3, 0.4) is 0 Å². The van der Waals surface area contributed by atoms with Gasteiger partial charge in [0.25, 0.3) is 5.91 Å². The minimum Gasteiger partial charge on any atom is -0.370 e. The zero-order valence-electron chi connectivity index (χ0n) is 14.5. The Morgan fingerprint density at radius 3 is 2.73 bits per heavy atom. The van der Waals surface area contributed by atoms with Crippen molar-refractivity contribution in [2.75, 3.05) is 17.2 Å². The molecule has 7 heteroatoms. The molecule has 0 spiro atoms. The van der Waals surface area contributed by atoms with Crippen molar-refractivity contribution in [3.63, 3.8) is 0 Å². The Labute approximate surface area is 150 Å². The largest absolute Gasteiger partial charge is 0.370 e. The number of aryl methyl sites for hydroxylation is 1. The molecule has 3 aromatic heterocycles. The number of aromatic nitrogens is 4. The maximum absolute atomic E-state index is 12.8. The highest BCUT2D eigenvalue weighted by molar-refractivity contribution is 6.04. The summed E-state index contributed by atoms with van der Waals surface area (Å²) >= 11 is 0. The first-order chi connectivity index (χ1) is 12.7. The van der Waals surface area contributed by atoms with Crippen molar-refractivity contribution >= 4 is 34.2 Å². The van der Waals surface area contributed by atoms with Crippen LogP contribution >= 0.6 is 0 Å². The number of pyridine rings is 1. The molecule has 0 aliphatic heterocycles. The van der Waals surface area contributed by atoms with Crippen LogP contribution in [0.4, 0.5) is 11.8 Å². The second-order valence-corrected chi connectivity index (χ2v) is 5.87. The lowest BCUT2D eigenvalue weighted by atomic mass is 10.2. The van der Waals surface area contributed by atoms with Crippen LogP contribution in [0.1, 0.15) is 23.1 Å². The lowest BCUT2D eigenvalue weighted by Gasteiger charge is -2.10. The second-order valence-electron chi connectivity index (χ2n) is 5.87. The van der Waals surface area contributed by atoms with Gasteiger partial charge in [0.1, 0.15) is 17.2 Å². The molecule has 4 rings (SSSR count). The summed E-state index contributed by atoms with van der Waals surface area (Å²) < 4.78 is 1.76. The normalized spacial score (nSPS) is 11.0. The molecule has 0 saturated carbocycles. The molecule has 0 radical (unpaired) electrons. The van der Waals surface area contributed by atoms with Gasteiger partial charge in [-0.3, -0.25) is 14.5 Å². The van der Waals surface area contributed by atoms with Crippen molar-refractivity contribution in [1.82, 2.24) is 19.4 Å². The summed E-state index contributed by atoms with van der Waals surface area (Å²) in [6, 6.07) is 13.3. The molecule has 7 nitrogen and oxygen atoms in total. The monoisotopic (exact) mass is 346 g/mol. The molecule has 0 saturated heterocycles. The zero-order valence-corrected chi connectivity index (χ0v) is 14.5. The third kappa shape index (κ3) is 2.73. The number of carbonyl (C=O) groups is 1. The summed E-state index contributed by atoms with van der Waals surface area (Å²) in [5.74, 6) is 0.664. The van der Waals surface area contributed by atoms with E-state index in [1.165, 1.54) is 0 Å². The van der Waals surface area contributed by atoms with Gasteiger partial charge in [0.15, 0.2) is 0 Å². The van der Waals surface area contributed by atoms with Crippen molar-refractivity contribution in [1.29, 1.82) is 0 Å². The molecule has 4 aromatic rings. The van der Waals surface area contributed by atoms with Gasteiger partial charge in [-0.15, -0.1) is 0 Å². The van der Waals surface area contributed by atoms with Gasteiger partial charge in [0.2, 0.25) is 5.95 Å². The molecule has 0 aliphatic rings. The second kappa shape index (κ2) is 6.44. The van der Waals surface area contributed by atoms with E-state index in [9.17, 15) is 4.79 Å². The highest BCUT2D eigenvalue weighted by Crippen LogP contribution is 2.22. The van der Waals surface area contributed by atoms with Gasteiger partial charge >= 0.3 is 0 Å². The van der Waals surface area contributed by atoms with E-state index in [-0.39, 0.29) is 11.9 Å². The predicted octanol–water partition coefficient (Wildman–Crippen LogP) is 3.27. The Bertz CT molecular complexity index is 1120. The minimum atomic E-state index is -0.293. The summed E-state index contributed by atoms with van der Waals surface area (Å²) in [6.45, 7) is 4.53. The van der Waals surface area contributed by atoms with E-state index >= 15 is 0 Å². The zero-order chi connectivity index (χ0) is 18.1. The molecule has 1 amide bonds. The molecule has 2 N–H and O–H groups in total. The fourth-order valence-corrected chi connectivity index (χ4v) is 2.98. The highest BCUT2D eigenvalue weighted by Gasteiger charge is 2.18. The van der Waals surface area contributed by atoms with Gasteiger partial charge in [-0.25, -0.2) is 9.97 Å². The van der Waals surface area contributed by atoms with Gasteiger partial charge in [-0.05, 0) is 38.1 Å². The van der Waals surface area contributed by atoms with E-state index in [1.807, 2.05) is 62.5 Å². The average Bonchev–Trinajstić information content (AvgIpc) is 2.97. The molecular weight excluding hydrogens is 328 g/mol. The van der Waals surface area contributed by atoms with Gasteiger partial charge < -0.3 is 5.32 Å². The molecule has 1 aromatic carbocycles. The van der Waals surface area contributed by atoms with Crippen LogP contribution in [-0.2, 0) is 0 Å². The number of para-hydroxylation sites is 1. The smallest absolute Gasteiger partial charge is 0.276 e. The third-order valence-corrected chi connectivity index (χ3v) is 4.09. The van der Waals surface area contributed by atoms with E-state index in [0.717, 1.165) is 23.1 Å². The van der Waals surface area contributed by atoms with E-state index in [4.69, 9.17) is 0 Å². The number of benzene rings is 1. The number of imidazole rings is 1. The van der Waals surface area contributed by atoms with Crippen molar-refractivity contribution in [3.05, 3.63) is 60.0 Å². The Balaban J connectivity index is 1.74. The molecule has 0 atom stereocenters. The number of rotatable bonds is 4. The Morgan fingerprint density at radius 1 is 1.08 bits per heavy atom. The summed E-state index contributed by atoms with van der Waals surface area (Å²) in [5.41, 5.74) is 2.62. The number of anilines is 2. The molecular formula is C19H18N6O. The van der Waals surface area contributed by atoms with Gasteiger partial charge in [-0.2, -0.15) is 4.98 Å². The molecule has 0 fully saturated rings. The third-order valence-electron chi connectivity index (χ3n) is 4.09. The molecule has 0 unspecified atom stereocenters. The summed E-state index contributed by atoms with van der Waals surface area (Å²) in [4.78, 5) is 26.2. The van der Waals surface area contributed by atoms with Gasteiger partial charge in [-0.1, -0.05) is 18.2 Å². The van der Waals surface area contributed by atoms with E-state index in [1.54, 1.807) is 4.40 Å². The molecule has 130 valence electrons. The standard InChI is InChI=1S/C19H18N6O/c1-3-20-17-13-8-4-5-9-14(13)22-19(23-17)24-18(26)16-12(2)21-15-10-6-7-11-25(15)16/h4-11H,3H2,1-2H3,(H2,20,22,23,24,26). The van der Waals surface area contributed by atoms with Crippen LogP contribution in [0.25, 0.3) is 16.6 Å².